The van der Waals surface area contributed by atoms with Crippen LogP contribution < -0.4 is 0 Å². The van der Waals surface area contributed by atoms with Crippen molar-refractivity contribution in [3.05, 3.63) is 0 Å². The van der Waals surface area contributed by atoms with Crippen molar-refractivity contribution in [2.75, 3.05) is 0 Å². The van der Waals surface area contributed by atoms with Gasteiger partial charge in [0.05, 0.1) is 6.10 Å². The molecule has 1 N–H and O–H groups in total. The van der Waals surface area contributed by atoms with Crippen molar-refractivity contribution in [3.8, 4) is 0 Å². The summed E-state index contributed by atoms with van der Waals surface area (Å²) in [5, 5.41) is 8.69. The molecule has 0 fully saturated rings. The Labute approximate surface area is 88.4 Å². The van der Waals surface area contributed by atoms with Gasteiger partial charge in [-0.25, -0.2) is 4.39 Å². The van der Waals surface area contributed by atoms with Gasteiger partial charge in [0, 0.05) is 0 Å². The lowest BCUT2D eigenvalue weighted by atomic mass is 10.0. The highest BCUT2D eigenvalue weighted by Gasteiger charge is 2.36. The van der Waals surface area contributed by atoms with Crippen molar-refractivity contribution in [1.29, 1.82) is 0 Å². The Kier molecular flexibility index (Phi) is 5.89. The van der Waals surface area contributed by atoms with E-state index >= 15 is 0 Å². The molecule has 0 aromatic rings. The first-order valence-electron chi connectivity index (χ1n) is 5.01. The molecule has 0 aliphatic heterocycles. The maximum Gasteiger partial charge on any atom is 0.323 e. The summed E-state index contributed by atoms with van der Waals surface area (Å²) in [4.78, 5) is 22.0. The number of alkyl halides is 1. The largest absolute Gasteiger partial charge is 0.481 e. The average molecular weight is 220 g/mol. The van der Waals surface area contributed by atoms with Crippen LogP contribution >= 0.6 is 0 Å². The zero-order chi connectivity index (χ0) is 12.0. The highest BCUT2D eigenvalue weighted by Crippen LogP contribution is 2.15. The Bertz CT molecular complexity index is 229. The molecule has 0 aromatic heterocycles. The van der Waals surface area contributed by atoms with Gasteiger partial charge in [-0.15, -0.1) is 0 Å². The SMILES string of the molecule is CCC(C)OC(=O)C(C(=O)O)C(F)CC. The van der Waals surface area contributed by atoms with E-state index in [1.807, 2.05) is 0 Å². The third-order valence-corrected chi connectivity index (χ3v) is 2.16. The highest BCUT2D eigenvalue weighted by atomic mass is 19.1. The third kappa shape index (κ3) is 4.27. The minimum absolute atomic E-state index is 0.0213. The summed E-state index contributed by atoms with van der Waals surface area (Å²) < 4.78 is 18.0. The Morgan fingerprint density at radius 1 is 1.33 bits per heavy atom. The molecule has 88 valence electrons. The van der Waals surface area contributed by atoms with E-state index in [4.69, 9.17) is 9.84 Å². The van der Waals surface area contributed by atoms with Gasteiger partial charge in [-0.1, -0.05) is 13.8 Å². The van der Waals surface area contributed by atoms with Crippen molar-refractivity contribution in [1.82, 2.24) is 0 Å². The van der Waals surface area contributed by atoms with Crippen molar-refractivity contribution in [2.45, 2.75) is 45.9 Å². The number of aliphatic carboxylic acids is 1. The number of carbonyl (C=O) groups excluding carboxylic acids is 1. The predicted molar refractivity (Wildman–Crippen MR) is 52.2 cm³/mol. The van der Waals surface area contributed by atoms with Crippen LogP contribution in [0.5, 0.6) is 0 Å². The number of carboxylic acids is 1. The third-order valence-electron chi connectivity index (χ3n) is 2.16. The molecule has 0 saturated heterocycles. The van der Waals surface area contributed by atoms with Crippen LogP contribution in [0.25, 0.3) is 0 Å². The summed E-state index contributed by atoms with van der Waals surface area (Å²) in [6.45, 7) is 4.91. The minimum Gasteiger partial charge on any atom is -0.481 e. The Hall–Kier alpha value is -1.13. The van der Waals surface area contributed by atoms with Crippen LogP contribution in [0.3, 0.4) is 0 Å². The molecule has 0 rings (SSSR count). The first kappa shape index (κ1) is 13.9. The number of halogens is 1. The lowest BCUT2D eigenvalue weighted by Gasteiger charge is -2.17. The van der Waals surface area contributed by atoms with Gasteiger partial charge in [-0.3, -0.25) is 9.59 Å². The molecule has 0 amide bonds. The van der Waals surface area contributed by atoms with Gasteiger partial charge in [0.15, 0.2) is 5.92 Å². The molecule has 0 saturated carbocycles. The van der Waals surface area contributed by atoms with E-state index in [1.165, 1.54) is 6.92 Å². The second-order valence-corrected chi connectivity index (χ2v) is 3.40. The Morgan fingerprint density at radius 3 is 2.20 bits per heavy atom. The first-order chi connectivity index (χ1) is 6.93. The number of hydrogen-bond donors (Lipinski definition) is 1. The van der Waals surface area contributed by atoms with E-state index in [1.54, 1.807) is 13.8 Å². The van der Waals surface area contributed by atoms with E-state index in [2.05, 4.69) is 0 Å². The van der Waals surface area contributed by atoms with Crippen molar-refractivity contribution >= 4 is 11.9 Å². The monoisotopic (exact) mass is 220 g/mol. The summed E-state index contributed by atoms with van der Waals surface area (Å²) >= 11 is 0. The molecule has 3 unspecified atom stereocenters. The second-order valence-electron chi connectivity index (χ2n) is 3.40. The van der Waals surface area contributed by atoms with Crippen LogP contribution in [0, 0.1) is 5.92 Å². The number of rotatable bonds is 6. The zero-order valence-corrected chi connectivity index (χ0v) is 9.20. The first-order valence-corrected chi connectivity index (χ1v) is 5.01. The van der Waals surface area contributed by atoms with Gasteiger partial charge in [0.2, 0.25) is 0 Å². The number of ether oxygens (including phenoxy) is 1. The van der Waals surface area contributed by atoms with E-state index in [9.17, 15) is 14.0 Å². The van der Waals surface area contributed by atoms with Crippen LogP contribution in [0.2, 0.25) is 0 Å². The normalized spacial score (nSPS) is 16.5. The summed E-state index contributed by atoms with van der Waals surface area (Å²) in [7, 11) is 0. The van der Waals surface area contributed by atoms with Gasteiger partial charge < -0.3 is 9.84 Å². The number of hydrogen-bond acceptors (Lipinski definition) is 3. The molecule has 0 radical (unpaired) electrons. The molecule has 0 bridgehead atoms. The van der Waals surface area contributed by atoms with Gasteiger partial charge >= 0.3 is 11.9 Å². The van der Waals surface area contributed by atoms with Gasteiger partial charge in [-0.2, -0.15) is 0 Å². The Balaban J connectivity index is 4.50. The fraction of sp³-hybridized carbons (Fsp3) is 0.800. The molecular formula is C10H17FO4. The summed E-state index contributed by atoms with van der Waals surface area (Å²) in [5.41, 5.74) is 0. The average Bonchev–Trinajstić information content (AvgIpc) is 2.16. The molecule has 0 spiro atoms. The summed E-state index contributed by atoms with van der Waals surface area (Å²) in [6, 6.07) is 0. The molecule has 0 heterocycles. The van der Waals surface area contributed by atoms with Gasteiger partial charge in [0.25, 0.3) is 0 Å². The lowest BCUT2D eigenvalue weighted by Crippen LogP contribution is -2.35. The van der Waals surface area contributed by atoms with Crippen LogP contribution in [-0.2, 0) is 14.3 Å². The lowest BCUT2D eigenvalue weighted by molar-refractivity contribution is -0.165. The van der Waals surface area contributed by atoms with Crippen molar-refractivity contribution < 1.29 is 23.8 Å². The molecule has 0 aliphatic carbocycles. The van der Waals surface area contributed by atoms with Crippen molar-refractivity contribution in [2.24, 2.45) is 5.92 Å². The van der Waals surface area contributed by atoms with Crippen LogP contribution in [0.15, 0.2) is 0 Å². The standard InChI is InChI=1S/C10H17FO4/c1-4-6(3)15-10(14)8(9(12)13)7(11)5-2/h6-8H,4-5H2,1-3H3,(H,12,13). The topological polar surface area (TPSA) is 63.6 Å². The fourth-order valence-electron chi connectivity index (χ4n) is 0.994. The van der Waals surface area contributed by atoms with E-state index in [0.29, 0.717) is 6.42 Å². The van der Waals surface area contributed by atoms with Gasteiger partial charge in [0.1, 0.15) is 6.17 Å². The number of esters is 1. The maximum absolute atomic E-state index is 13.2. The highest BCUT2D eigenvalue weighted by molar-refractivity contribution is 5.94. The predicted octanol–water partition coefficient (Wildman–Crippen LogP) is 1.78. The molecule has 15 heavy (non-hydrogen) atoms. The maximum atomic E-state index is 13.2. The molecule has 0 aliphatic rings. The van der Waals surface area contributed by atoms with Crippen LogP contribution in [-0.4, -0.2) is 29.3 Å². The number of carbonyl (C=O) groups is 2. The van der Waals surface area contributed by atoms with Crippen molar-refractivity contribution in [3.63, 3.8) is 0 Å². The number of carboxylic acid groups (broad SMARTS) is 1. The van der Waals surface area contributed by atoms with Gasteiger partial charge in [-0.05, 0) is 19.8 Å². The smallest absolute Gasteiger partial charge is 0.323 e. The molecule has 0 aromatic carbocycles. The summed E-state index contributed by atoms with van der Waals surface area (Å²) in [5.74, 6) is -4.17. The van der Waals surface area contributed by atoms with E-state index in [-0.39, 0.29) is 12.5 Å². The molecular weight excluding hydrogens is 203 g/mol. The molecule has 3 atom stereocenters. The second kappa shape index (κ2) is 6.37. The molecule has 5 heteroatoms. The van der Waals surface area contributed by atoms with E-state index in [0.717, 1.165) is 0 Å². The fourth-order valence-corrected chi connectivity index (χ4v) is 0.994. The van der Waals surface area contributed by atoms with Crippen LogP contribution in [0.4, 0.5) is 4.39 Å². The quantitative estimate of drug-likeness (QED) is 0.547. The Morgan fingerprint density at radius 2 is 1.87 bits per heavy atom. The summed E-state index contributed by atoms with van der Waals surface area (Å²) in [6.07, 6.45) is -1.53. The molecule has 4 nitrogen and oxygen atoms in total. The minimum atomic E-state index is -1.70. The van der Waals surface area contributed by atoms with Crippen LogP contribution in [0.1, 0.15) is 33.6 Å². The van der Waals surface area contributed by atoms with E-state index < -0.39 is 24.0 Å². The zero-order valence-electron chi connectivity index (χ0n) is 9.20.